The van der Waals surface area contributed by atoms with E-state index in [0.717, 1.165) is 5.69 Å². The number of hydrogen-bond acceptors (Lipinski definition) is 6. The predicted molar refractivity (Wildman–Crippen MR) is 116 cm³/mol. The van der Waals surface area contributed by atoms with Gasteiger partial charge in [-0.25, -0.2) is 0 Å². The number of anilines is 2. The summed E-state index contributed by atoms with van der Waals surface area (Å²) in [5.41, 5.74) is 2.39. The summed E-state index contributed by atoms with van der Waals surface area (Å²) >= 11 is 12.6. The fourth-order valence-corrected chi connectivity index (χ4v) is 4.09. The molecule has 0 aliphatic carbocycles. The third-order valence-electron chi connectivity index (χ3n) is 3.99. The largest absolute Gasteiger partial charge is 0.503 e. The first-order valence-corrected chi connectivity index (χ1v) is 9.54. The summed E-state index contributed by atoms with van der Waals surface area (Å²) in [7, 11) is 5.34. The van der Waals surface area contributed by atoms with Gasteiger partial charge in [-0.05, 0) is 48.0 Å². The number of hydrogen-bond donors (Lipinski definition) is 1. The fourth-order valence-electron chi connectivity index (χ4n) is 2.57. The number of aromatic hydroxyl groups is 1. The van der Waals surface area contributed by atoms with Crippen molar-refractivity contribution in [1.82, 2.24) is 0 Å². The molecule has 0 atom stereocenters. The predicted octanol–water partition coefficient (Wildman–Crippen LogP) is 4.53. The lowest BCUT2D eigenvalue weighted by atomic mass is 10.1. The molecule has 0 unspecified atom stereocenters. The summed E-state index contributed by atoms with van der Waals surface area (Å²) in [6.07, 6.45) is 1.68. The van der Waals surface area contributed by atoms with E-state index in [-0.39, 0.29) is 22.4 Å². The third kappa shape index (κ3) is 3.90. The van der Waals surface area contributed by atoms with Crippen molar-refractivity contribution in [2.24, 2.45) is 0 Å². The van der Waals surface area contributed by atoms with Crippen molar-refractivity contribution in [2.75, 3.05) is 31.0 Å². The molecule has 1 N–H and O–H groups in total. The topological polar surface area (TPSA) is 53.0 Å². The highest BCUT2D eigenvalue weighted by Gasteiger charge is 2.33. The third-order valence-corrected chi connectivity index (χ3v) is 5.58. The van der Waals surface area contributed by atoms with Crippen molar-refractivity contribution >= 4 is 63.3 Å². The molecule has 2 aromatic rings. The molecule has 1 aliphatic heterocycles. The minimum absolute atomic E-state index is 0.134. The zero-order valence-electron chi connectivity index (χ0n) is 14.9. The molecular formula is C19H17ClN2O3S2. The van der Waals surface area contributed by atoms with Gasteiger partial charge in [-0.1, -0.05) is 35.6 Å². The first kappa shape index (κ1) is 19.5. The van der Waals surface area contributed by atoms with Crippen LogP contribution in [0.5, 0.6) is 11.5 Å². The van der Waals surface area contributed by atoms with E-state index in [1.165, 1.54) is 23.8 Å². The molecule has 3 rings (SSSR count). The zero-order chi connectivity index (χ0) is 19.7. The maximum absolute atomic E-state index is 12.9. The Hall–Kier alpha value is -2.22. The van der Waals surface area contributed by atoms with Gasteiger partial charge < -0.3 is 14.7 Å². The van der Waals surface area contributed by atoms with Crippen molar-refractivity contribution in [1.29, 1.82) is 0 Å². The number of thiocarbonyl (C=S) groups is 1. The van der Waals surface area contributed by atoms with Gasteiger partial charge >= 0.3 is 0 Å². The Morgan fingerprint density at radius 1 is 1.26 bits per heavy atom. The number of phenolic OH excluding ortho intramolecular Hbond substituents is 1. The first-order chi connectivity index (χ1) is 12.8. The van der Waals surface area contributed by atoms with Gasteiger partial charge in [0.2, 0.25) is 0 Å². The van der Waals surface area contributed by atoms with Crippen molar-refractivity contribution in [3.05, 3.63) is 51.9 Å². The molecule has 1 saturated heterocycles. The summed E-state index contributed by atoms with van der Waals surface area (Å²) in [6, 6.07) is 10.8. The minimum atomic E-state index is -0.203. The summed E-state index contributed by atoms with van der Waals surface area (Å²) in [5, 5.41) is 10.00. The monoisotopic (exact) mass is 420 g/mol. The Kier molecular flexibility index (Phi) is 5.64. The van der Waals surface area contributed by atoms with Crippen LogP contribution >= 0.6 is 35.6 Å². The van der Waals surface area contributed by atoms with Crippen molar-refractivity contribution in [2.45, 2.75) is 0 Å². The van der Waals surface area contributed by atoms with E-state index >= 15 is 0 Å². The minimum Gasteiger partial charge on any atom is -0.503 e. The van der Waals surface area contributed by atoms with Crippen LogP contribution < -0.4 is 14.5 Å². The molecule has 8 heteroatoms. The average molecular weight is 421 g/mol. The van der Waals surface area contributed by atoms with Gasteiger partial charge in [0.05, 0.1) is 22.7 Å². The molecule has 0 radical (unpaired) electrons. The number of amides is 1. The number of halogens is 1. The first-order valence-electron chi connectivity index (χ1n) is 7.93. The smallest absolute Gasteiger partial charge is 0.270 e. The summed E-state index contributed by atoms with van der Waals surface area (Å²) < 4.78 is 5.56. The van der Waals surface area contributed by atoms with Crippen LogP contribution in [0.3, 0.4) is 0 Å². The highest BCUT2D eigenvalue weighted by atomic mass is 35.5. The number of methoxy groups -OCH3 is 1. The van der Waals surface area contributed by atoms with Crippen LogP contribution in [0, 0.1) is 0 Å². The number of phenols is 1. The van der Waals surface area contributed by atoms with Crippen LogP contribution in [0.15, 0.2) is 41.3 Å². The molecule has 1 aliphatic rings. The second-order valence-corrected chi connectivity index (χ2v) is 8.06. The van der Waals surface area contributed by atoms with E-state index in [1.807, 2.05) is 43.3 Å². The van der Waals surface area contributed by atoms with Gasteiger partial charge in [0.1, 0.15) is 0 Å². The lowest BCUT2D eigenvalue weighted by Crippen LogP contribution is -2.27. The number of thioether (sulfide) groups is 1. The molecule has 0 spiro atoms. The molecule has 0 bridgehead atoms. The lowest BCUT2D eigenvalue weighted by Gasteiger charge is -2.17. The highest BCUT2D eigenvalue weighted by molar-refractivity contribution is 8.27. The molecule has 27 heavy (non-hydrogen) atoms. The standard InChI is InChI=1S/C19H17ClN2O3S2/c1-21(2)12-4-6-13(7-5-12)22-18(24)16(27-19(22)26)10-11-8-14(20)17(23)15(9-11)25-3/h4-10,23H,1-3H3/b16-10-. The van der Waals surface area contributed by atoms with Crippen molar-refractivity contribution in [3.8, 4) is 11.5 Å². The average Bonchev–Trinajstić information content (AvgIpc) is 2.91. The molecule has 0 aromatic heterocycles. The SMILES string of the molecule is COc1cc(/C=C2\SC(=S)N(c3ccc(N(C)C)cc3)C2=O)cc(Cl)c1O. The number of rotatable bonds is 4. The van der Waals surface area contributed by atoms with E-state index < -0.39 is 0 Å². The van der Waals surface area contributed by atoms with Crippen LogP contribution in [-0.4, -0.2) is 36.5 Å². The quantitative estimate of drug-likeness (QED) is 0.579. The normalized spacial score (nSPS) is 15.6. The molecule has 2 aromatic carbocycles. The number of nitrogens with zero attached hydrogens (tertiary/aromatic N) is 2. The van der Waals surface area contributed by atoms with Crippen LogP contribution in [0.25, 0.3) is 6.08 Å². The van der Waals surface area contributed by atoms with E-state index in [4.69, 9.17) is 28.6 Å². The van der Waals surface area contributed by atoms with Gasteiger partial charge in [0.25, 0.3) is 5.91 Å². The van der Waals surface area contributed by atoms with Gasteiger partial charge in [0.15, 0.2) is 15.8 Å². The highest BCUT2D eigenvalue weighted by Crippen LogP contribution is 2.39. The maximum atomic E-state index is 12.9. The number of benzene rings is 2. The fraction of sp³-hybridized carbons (Fsp3) is 0.158. The molecule has 1 amide bonds. The van der Waals surface area contributed by atoms with Crippen molar-refractivity contribution in [3.63, 3.8) is 0 Å². The van der Waals surface area contributed by atoms with Crippen LogP contribution in [0.4, 0.5) is 11.4 Å². The van der Waals surface area contributed by atoms with Gasteiger partial charge in [-0.15, -0.1) is 0 Å². The Labute approximate surface area is 172 Å². The molecule has 140 valence electrons. The van der Waals surface area contributed by atoms with E-state index in [2.05, 4.69) is 0 Å². The maximum Gasteiger partial charge on any atom is 0.270 e. The Morgan fingerprint density at radius 2 is 1.93 bits per heavy atom. The van der Waals surface area contributed by atoms with Crippen LogP contribution in [0.1, 0.15) is 5.56 Å². The molecule has 0 saturated carbocycles. The zero-order valence-corrected chi connectivity index (χ0v) is 17.3. The second kappa shape index (κ2) is 7.80. The van der Waals surface area contributed by atoms with Gasteiger partial charge in [0, 0.05) is 19.8 Å². The van der Waals surface area contributed by atoms with E-state index in [1.54, 1.807) is 18.2 Å². The number of carbonyl (C=O) groups excluding carboxylic acids is 1. The van der Waals surface area contributed by atoms with Crippen molar-refractivity contribution < 1.29 is 14.6 Å². The molecule has 1 heterocycles. The Balaban J connectivity index is 1.92. The Bertz CT molecular complexity index is 943. The number of carbonyl (C=O) groups is 1. The summed E-state index contributed by atoms with van der Waals surface area (Å²) in [6.45, 7) is 0. The molecule has 5 nitrogen and oxygen atoms in total. The van der Waals surface area contributed by atoms with E-state index in [0.29, 0.717) is 20.5 Å². The van der Waals surface area contributed by atoms with Gasteiger partial charge in [-0.2, -0.15) is 0 Å². The molecular weight excluding hydrogens is 404 g/mol. The lowest BCUT2D eigenvalue weighted by molar-refractivity contribution is -0.113. The number of ether oxygens (including phenoxy) is 1. The molecule has 1 fully saturated rings. The second-order valence-electron chi connectivity index (χ2n) is 5.98. The van der Waals surface area contributed by atoms with Gasteiger partial charge in [-0.3, -0.25) is 9.69 Å². The Morgan fingerprint density at radius 3 is 2.52 bits per heavy atom. The summed E-state index contributed by atoms with van der Waals surface area (Å²) in [5.74, 6) is -0.0980. The van der Waals surface area contributed by atoms with Crippen LogP contribution in [0.2, 0.25) is 5.02 Å². The summed E-state index contributed by atoms with van der Waals surface area (Å²) in [4.78, 5) is 16.8. The van der Waals surface area contributed by atoms with E-state index in [9.17, 15) is 9.90 Å². The van der Waals surface area contributed by atoms with Crippen LogP contribution in [-0.2, 0) is 4.79 Å².